The number of carboxylic acid groups (broad SMARTS) is 1. The van der Waals surface area contributed by atoms with Crippen molar-refractivity contribution in [3.63, 3.8) is 0 Å². The van der Waals surface area contributed by atoms with Gasteiger partial charge in [0.25, 0.3) is 11.8 Å². The molecule has 1 aromatic heterocycles. The van der Waals surface area contributed by atoms with Crippen LogP contribution in [-0.4, -0.2) is 34.4 Å². The van der Waals surface area contributed by atoms with E-state index in [2.05, 4.69) is 15.6 Å². The summed E-state index contributed by atoms with van der Waals surface area (Å²) in [6, 6.07) is 6.40. The van der Waals surface area contributed by atoms with Gasteiger partial charge in [0.15, 0.2) is 0 Å². The molecule has 0 atom stereocenters. The minimum absolute atomic E-state index is 0.0631. The SMILES string of the molecule is CC(C)(C)c1ncsc1C(=O)Nc1ccc(C(=O)NCCC(=O)O)cc1. The number of aliphatic carboxylic acids is 1. The van der Waals surface area contributed by atoms with Crippen LogP contribution >= 0.6 is 11.3 Å². The van der Waals surface area contributed by atoms with Crippen LogP contribution in [0.25, 0.3) is 0 Å². The molecule has 0 spiro atoms. The molecule has 0 fully saturated rings. The molecule has 1 aromatic carbocycles. The van der Waals surface area contributed by atoms with Gasteiger partial charge < -0.3 is 15.7 Å². The second-order valence-corrected chi connectivity index (χ2v) is 7.57. The predicted octanol–water partition coefficient (Wildman–Crippen LogP) is 2.90. The van der Waals surface area contributed by atoms with Crippen molar-refractivity contribution in [2.75, 3.05) is 11.9 Å². The lowest BCUT2D eigenvalue weighted by Gasteiger charge is -2.17. The zero-order valence-electron chi connectivity index (χ0n) is 14.8. The first kappa shape index (κ1) is 19.6. The molecule has 0 bridgehead atoms. The Hall–Kier alpha value is -2.74. The standard InChI is InChI=1S/C18H21N3O4S/c1-18(2,3)15-14(26-10-20-15)17(25)21-12-6-4-11(5-7-12)16(24)19-9-8-13(22)23/h4-7,10H,8-9H2,1-3H3,(H,19,24)(H,21,25)(H,22,23). The van der Waals surface area contributed by atoms with Gasteiger partial charge in [0.2, 0.25) is 0 Å². The Morgan fingerprint density at radius 3 is 2.35 bits per heavy atom. The summed E-state index contributed by atoms with van der Waals surface area (Å²) in [6.45, 7) is 6.05. The second kappa shape index (κ2) is 8.09. The highest BCUT2D eigenvalue weighted by molar-refractivity contribution is 7.12. The number of thiazole rings is 1. The van der Waals surface area contributed by atoms with Gasteiger partial charge in [-0.05, 0) is 24.3 Å². The number of hydrogen-bond donors (Lipinski definition) is 3. The lowest BCUT2D eigenvalue weighted by molar-refractivity contribution is -0.136. The maximum absolute atomic E-state index is 12.5. The van der Waals surface area contributed by atoms with Gasteiger partial charge in [-0.25, -0.2) is 4.98 Å². The van der Waals surface area contributed by atoms with Crippen LogP contribution in [0.15, 0.2) is 29.8 Å². The van der Waals surface area contributed by atoms with E-state index in [4.69, 9.17) is 5.11 Å². The summed E-state index contributed by atoms with van der Waals surface area (Å²) in [5, 5.41) is 13.9. The van der Waals surface area contributed by atoms with E-state index in [0.717, 1.165) is 5.69 Å². The van der Waals surface area contributed by atoms with Gasteiger partial charge in [0.1, 0.15) is 4.88 Å². The molecule has 2 rings (SSSR count). The molecule has 0 saturated heterocycles. The van der Waals surface area contributed by atoms with Crippen molar-refractivity contribution < 1.29 is 19.5 Å². The topological polar surface area (TPSA) is 108 Å². The van der Waals surface area contributed by atoms with Crippen LogP contribution in [0.5, 0.6) is 0 Å². The van der Waals surface area contributed by atoms with E-state index in [-0.39, 0.29) is 30.2 Å². The van der Waals surface area contributed by atoms with Crippen LogP contribution in [0.4, 0.5) is 5.69 Å². The van der Waals surface area contributed by atoms with Crippen molar-refractivity contribution in [1.29, 1.82) is 0 Å². The molecular formula is C18H21N3O4S. The molecule has 138 valence electrons. The first-order chi connectivity index (χ1) is 12.2. The highest BCUT2D eigenvalue weighted by Crippen LogP contribution is 2.27. The maximum Gasteiger partial charge on any atom is 0.305 e. The summed E-state index contributed by atoms with van der Waals surface area (Å²) >= 11 is 1.29. The fraction of sp³-hybridized carbons (Fsp3) is 0.333. The smallest absolute Gasteiger partial charge is 0.305 e. The monoisotopic (exact) mass is 375 g/mol. The predicted molar refractivity (Wildman–Crippen MR) is 99.8 cm³/mol. The third-order valence-electron chi connectivity index (χ3n) is 3.51. The lowest BCUT2D eigenvalue weighted by atomic mass is 9.91. The van der Waals surface area contributed by atoms with Crippen molar-refractivity contribution in [1.82, 2.24) is 10.3 Å². The molecular weight excluding hydrogens is 354 g/mol. The van der Waals surface area contributed by atoms with Crippen molar-refractivity contribution in [2.45, 2.75) is 32.6 Å². The number of amides is 2. The molecule has 26 heavy (non-hydrogen) atoms. The molecule has 7 nitrogen and oxygen atoms in total. The van der Waals surface area contributed by atoms with E-state index in [0.29, 0.717) is 16.1 Å². The first-order valence-electron chi connectivity index (χ1n) is 8.04. The molecule has 0 aliphatic rings. The number of rotatable bonds is 6. The van der Waals surface area contributed by atoms with E-state index >= 15 is 0 Å². The molecule has 0 saturated carbocycles. The van der Waals surface area contributed by atoms with Gasteiger partial charge in [-0.2, -0.15) is 0 Å². The molecule has 8 heteroatoms. The molecule has 3 N–H and O–H groups in total. The van der Waals surface area contributed by atoms with Crippen LogP contribution in [0.1, 0.15) is 52.9 Å². The van der Waals surface area contributed by atoms with Crippen LogP contribution in [0, 0.1) is 0 Å². The van der Waals surface area contributed by atoms with E-state index in [1.54, 1.807) is 29.8 Å². The number of nitrogens with one attached hydrogen (secondary N) is 2. The number of hydrogen-bond acceptors (Lipinski definition) is 5. The van der Waals surface area contributed by atoms with Gasteiger partial charge >= 0.3 is 5.97 Å². The minimum Gasteiger partial charge on any atom is -0.481 e. The minimum atomic E-state index is -0.971. The van der Waals surface area contributed by atoms with E-state index in [1.165, 1.54) is 11.3 Å². The van der Waals surface area contributed by atoms with E-state index < -0.39 is 5.97 Å². The summed E-state index contributed by atoms with van der Waals surface area (Å²) in [6.07, 6.45) is -0.134. The van der Waals surface area contributed by atoms with Crippen molar-refractivity contribution >= 4 is 34.8 Å². The Morgan fingerprint density at radius 1 is 1.12 bits per heavy atom. The average molecular weight is 375 g/mol. The zero-order valence-corrected chi connectivity index (χ0v) is 15.6. The highest BCUT2D eigenvalue weighted by Gasteiger charge is 2.25. The summed E-state index contributed by atoms with van der Waals surface area (Å²) in [4.78, 5) is 39.7. The molecule has 0 radical (unpaired) electrons. The van der Waals surface area contributed by atoms with E-state index in [9.17, 15) is 14.4 Å². The number of carbonyl (C=O) groups is 3. The molecule has 2 amide bonds. The zero-order chi connectivity index (χ0) is 19.3. The third-order valence-corrected chi connectivity index (χ3v) is 4.34. The van der Waals surface area contributed by atoms with E-state index in [1.807, 2.05) is 20.8 Å². The summed E-state index contributed by atoms with van der Waals surface area (Å²) in [7, 11) is 0. The first-order valence-corrected chi connectivity index (χ1v) is 8.92. The number of anilines is 1. The number of nitrogens with zero attached hydrogens (tertiary/aromatic N) is 1. The number of carbonyl (C=O) groups excluding carboxylic acids is 2. The summed E-state index contributed by atoms with van der Waals surface area (Å²) in [5.41, 5.74) is 3.12. The van der Waals surface area contributed by atoms with Crippen molar-refractivity contribution in [2.24, 2.45) is 0 Å². The Kier molecular flexibility index (Phi) is 6.10. The Bertz CT molecular complexity index is 807. The molecule has 0 unspecified atom stereocenters. The second-order valence-electron chi connectivity index (χ2n) is 6.71. The number of carboxylic acids is 1. The van der Waals surface area contributed by atoms with Gasteiger partial charge in [0, 0.05) is 23.2 Å². The van der Waals surface area contributed by atoms with Crippen LogP contribution in [0.3, 0.4) is 0 Å². The quantitative estimate of drug-likeness (QED) is 0.719. The average Bonchev–Trinajstić information content (AvgIpc) is 3.05. The lowest BCUT2D eigenvalue weighted by Crippen LogP contribution is -2.26. The molecule has 1 heterocycles. The summed E-state index contributed by atoms with van der Waals surface area (Å²) in [5.74, 6) is -1.57. The van der Waals surface area contributed by atoms with Crippen molar-refractivity contribution in [3.05, 3.63) is 45.9 Å². The Balaban J connectivity index is 2.01. The molecule has 2 aromatic rings. The number of benzene rings is 1. The van der Waals surface area contributed by atoms with Gasteiger partial charge in [-0.15, -0.1) is 11.3 Å². The van der Waals surface area contributed by atoms with Gasteiger partial charge in [0.05, 0.1) is 17.6 Å². The Labute approximate surface area is 155 Å². The highest BCUT2D eigenvalue weighted by atomic mass is 32.1. The van der Waals surface area contributed by atoms with Gasteiger partial charge in [-0.3, -0.25) is 14.4 Å². The van der Waals surface area contributed by atoms with Crippen LogP contribution in [0.2, 0.25) is 0 Å². The Morgan fingerprint density at radius 2 is 1.77 bits per heavy atom. The van der Waals surface area contributed by atoms with Crippen molar-refractivity contribution in [3.8, 4) is 0 Å². The fourth-order valence-corrected chi connectivity index (χ4v) is 3.11. The third kappa shape index (κ3) is 5.13. The maximum atomic E-state index is 12.5. The van der Waals surface area contributed by atoms with Gasteiger partial charge in [-0.1, -0.05) is 20.8 Å². The van der Waals surface area contributed by atoms with Crippen LogP contribution < -0.4 is 10.6 Å². The molecule has 0 aliphatic carbocycles. The van der Waals surface area contributed by atoms with Crippen LogP contribution in [-0.2, 0) is 10.2 Å². The normalized spacial score (nSPS) is 11.0. The largest absolute Gasteiger partial charge is 0.481 e. The number of aromatic nitrogens is 1. The molecule has 0 aliphatic heterocycles. The fourth-order valence-electron chi connectivity index (χ4n) is 2.22. The summed E-state index contributed by atoms with van der Waals surface area (Å²) < 4.78 is 0.